The Kier molecular flexibility index (Phi) is 7.61. The maximum atomic E-state index is 13.0. The molecule has 0 aromatic heterocycles. The summed E-state index contributed by atoms with van der Waals surface area (Å²) in [6, 6.07) is 14.1. The molecule has 1 unspecified atom stereocenters. The van der Waals surface area contributed by atoms with Crippen molar-refractivity contribution in [1.82, 2.24) is 9.80 Å². The highest BCUT2D eigenvalue weighted by Crippen LogP contribution is 2.36. The van der Waals surface area contributed by atoms with Crippen LogP contribution in [0.4, 0.5) is 5.69 Å². The molecule has 0 radical (unpaired) electrons. The van der Waals surface area contributed by atoms with Gasteiger partial charge in [-0.15, -0.1) is 0 Å². The number of thioether (sulfide) groups is 1. The molecule has 2 saturated heterocycles. The molecule has 36 heavy (non-hydrogen) atoms. The second kappa shape index (κ2) is 10.8. The summed E-state index contributed by atoms with van der Waals surface area (Å²) in [4.78, 5) is 65.2. The normalized spacial score (nSPS) is 18.8. The summed E-state index contributed by atoms with van der Waals surface area (Å²) in [5, 5.41) is 2.59. The first-order chi connectivity index (χ1) is 17.3. The summed E-state index contributed by atoms with van der Waals surface area (Å²) in [7, 11) is 0. The molecule has 0 spiro atoms. The highest BCUT2D eigenvalue weighted by atomic mass is 32.2. The van der Waals surface area contributed by atoms with Gasteiger partial charge in [0.1, 0.15) is 16.9 Å². The minimum Gasteiger partial charge on any atom is -0.462 e. The van der Waals surface area contributed by atoms with Gasteiger partial charge in [0.2, 0.25) is 11.8 Å². The van der Waals surface area contributed by atoms with Crippen molar-refractivity contribution >= 4 is 69.7 Å². The van der Waals surface area contributed by atoms with Gasteiger partial charge in [-0.1, -0.05) is 54.3 Å². The number of carbonyl (C=O) groups excluding carboxylic acids is 5. The first kappa shape index (κ1) is 25.3. The Labute approximate surface area is 216 Å². The lowest BCUT2D eigenvalue weighted by Crippen LogP contribution is -2.45. The van der Waals surface area contributed by atoms with Gasteiger partial charge in [-0.25, -0.2) is 4.79 Å². The second-order valence-corrected chi connectivity index (χ2v) is 9.52. The van der Waals surface area contributed by atoms with E-state index in [2.05, 4.69) is 5.32 Å². The Morgan fingerprint density at radius 3 is 2.47 bits per heavy atom. The summed E-state index contributed by atoms with van der Waals surface area (Å²) in [5.74, 6) is -2.77. The van der Waals surface area contributed by atoms with Crippen molar-refractivity contribution in [3.8, 4) is 0 Å². The number of anilines is 1. The van der Waals surface area contributed by atoms with E-state index in [0.717, 1.165) is 27.1 Å². The summed E-state index contributed by atoms with van der Waals surface area (Å²) >= 11 is 6.39. The Bertz CT molecular complexity index is 1280. The molecule has 4 amide bonds. The fraction of sp³-hybridized carbons (Fsp3) is 0.200. The first-order valence-electron chi connectivity index (χ1n) is 11.0. The number of esters is 1. The molecule has 11 heteroatoms. The van der Waals surface area contributed by atoms with Crippen molar-refractivity contribution in [3.05, 3.63) is 70.6 Å². The molecule has 2 aliphatic heterocycles. The van der Waals surface area contributed by atoms with Crippen LogP contribution in [-0.2, 0) is 23.9 Å². The Balaban J connectivity index is 1.40. The molecule has 1 atom stereocenters. The zero-order valence-electron chi connectivity index (χ0n) is 19.1. The van der Waals surface area contributed by atoms with E-state index in [4.69, 9.17) is 17.0 Å². The monoisotopic (exact) mass is 523 g/mol. The Morgan fingerprint density at radius 1 is 1.11 bits per heavy atom. The van der Waals surface area contributed by atoms with Crippen LogP contribution in [0.1, 0.15) is 29.3 Å². The van der Waals surface area contributed by atoms with Crippen LogP contribution in [0.15, 0.2) is 59.5 Å². The van der Waals surface area contributed by atoms with Crippen LogP contribution in [0.3, 0.4) is 0 Å². The van der Waals surface area contributed by atoms with Crippen LogP contribution in [0, 0.1) is 0 Å². The summed E-state index contributed by atoms with van der Waals surface area (Å²) < 4.78 is 5.10. The van der Waals surface area contributed by atoms with Crippen LogP contribution < -0.4 is 5.32 Å². The third kappa shape index (κ3) is 5.37. The van der Waals surface area contributed by atoms with Gasteiger partial charge >= 0.3 is 5.97 Å². The predicted molar refractivity (Wildman–Crippen MR) is 138 cm³/mol. The van der Waals surface area contributed by atoms with Crippen LogP contribution in [-0.4, -0.2) is 62.9 Å². The zero-order chi connectivity index (χ0) is 25.8. The fourth-order valence-electron chi connectivity index (χ4n) is 3.73. The molecule has 4 rings (SSSR count). The number of ether oxygens (including phenoxy) is 1. The van der Waals surface area contributed by atoms with E-state index in [-0.39, 0.29) is 17.3 Å². The number of amides is 4. The molecule has 2 heterocycles. The lowest BCUT2D eigenvalue weighted by molar-refractivity contribution is -0.143. The minimum atomic E-state index is -1.09. The topological polar surface area (TPSA) is 113 Å². The van der Waals surface area contributed by atoms with Gasteiger partial charge in [0.15, 0.2) is 0 Å². The first-order valence-corrected chi connectivity index (χ1v) is 12.2. The number of benzene rings is 2. The number of carbonyl (C=O) groups is 5. The van der Waals surface area contributed by atoms with E-state index in [1.165, 1.54) is 24.3 Å². The van der Waals surface area contributed by atoms with Gasteiger partial charge in [0.25, 0.3) is 11.8 Å². The fourth-order valence-corrected chi connectivity index (χ4v) is 5.09. The number of imide groups is 1. The molecule has 0 saturated carbocycles. The van der Waals surface area contributed by atoms with E-state index in [1.807, 2.05) is 30.3 Å². The number of hydrogen-bond acceptors (Lipinski definition) is 8. The SMILES string of the molecule is CCOC(=O)c1ccc(NC(=O)CN2C(=O)CC(N3C(=O)C(=Cc4ccccc4)SC3=S)C2=O)cc1. The number of thiocarbonyl (C=S) groups is 1. The van der Waals surface area contributed by atoms with Crippen LogP contribution in [0.5, 0.6) is 0 Å². The molecule has 2 aliphatic rings. The standard InChI is InChI=1S/C25H21N3O6S2/c1-2-34-24(33)16-8-10-17(11-9-16)26-20(29)14-27-21(30)13-18(22(27)31)28-23(32)19(36-25(28)35)12-15-6-4-3-5-7-15/h3-12,18H,2,13-14H2,1H3,(H,26,29). The molecule has 1 N–H and O–H groups in total. The third-order valence-corrected chi connectivity index (χ3v) is 6.76. The Morgan fingerprint density at radius 2 is 1.81 bits per heavy atom. The average Bonchev–Trinajstić information content (AvgIpc) is 3.28. The molecular weight excluding hydrogens is 502 g/mol. The van der Waals surface area contributed by atoms with Crippen molar-refractivity contribution in [2.45, 2.75) is 19.4 Å². The van der Waals surface area contributed by atoms with E-state index < -0.39 is 42.2 Å². The number of nitrogens with zero attached hydrogens (tertiary/aromatic N) is 2. The number of rotatable bonds is 7. The van der Waals surface area contributed by atoms with Gasteiger partial charge in [0.05, 0.1) is 23.5 Å². The van der Waals surface area contributed by atoms with Crippen molar-refractivity contribution in [3.63, 3.8) is 0 Å². The highest BCUT2D eigenvalue weighted by Gasteiger charge is 2.48. The van der Waals surface area contributed by atoms with Crippen molar-refractivity contribution < 1.29 is 28.7 Å². The molecule has 2 aromatic rings. The number of hydrogen-bond donors (Lipinski definition) is 1. The maximum Gasteiger partial charge on any atom is 0.338 e. The number of likely N-dealkylation sites (tertiary alicyclic amines) is 1. The van der Waals surface area contributed by atoms with Gasteiger partial charge in [-0.05, 0) is 42.8 Å². The zero-order valence-corrected chi connectivity index (χ0v) is 20.8. The van der Waals surface area contributed by atoms with Gasteiger partial charge in [-0.3, -0.25) is 29.0 Å². The maximum absolute atomic E-state index is 13.0. The third-order valence-electron chi connectivity index (χ3n) is 5.43. The van der Waals surface area contributed by atoms with E-state index in [1.54, 1.807) is 13.0 Å². The largest absolute Gasteiger partial charge is 0.462 e. The van der Waals surface area contributed by atoms with Gasteiger partial charge in [0, 0.05) is 5.69 Å². The molecule has 0 bridgehead atoms. The molecular formula is C25H21N3O6S2. The van der Waals surface area contributed by atoms with Crippen LogP contribution in [0.2, 0.25) is 0 Å². The second-order valence-electron chi connectivity index (χ2n) is 7.85. The lowest BCUT2D eigenvalue weighted by Gasteiger charge is -2.21. The van der Waals surface area contributed by atoms with E-state index in [9.17, 15) is 24.0 Å². The van der Waals surface area contributed by atoms with Crippen LogP contribution in [0.25, 0.3) is 6.08 Å². The summed E-state index contributed by atoms with van der Waals surface area (Å²) in [6.45, 7) is 1.43. The number of nitrogens with one attached hydrogen (secondary N) is 1. The lowest BCUT2D eigenvalue weighted by atomic mass is 10.2. The van der Waals surface area contributed by atoms with Gasteiger partial charge < -0.3 is 10.1 Å². The minimum absolute atomic E-state index is 0.182. The van der Waals surface area contributed by atoms with E-state index in [0.29, 0.717) is 16.2 Å². The quantitative estimate of drug-likeness (QED) is 0.255. The molecule has 184 valence electrons. The molecule has 2 aromatic carbocycles. The van der Waals surface area contributed by atoms with Crippen molar-refractivity contribution in [2.24, 2.45) is 0 Å². The smallest absolute Gasteiger partial charge is 0.338 e. The molecule has 2 fully saturated rings. The summed E-state index contributed by atoms with van der Waals surface area (Å²) in [6.07, 6.45) is 1.42. The molecule has 0 aliphatic carbocycles. The van der Waals surface area contributed by atoms with Gasteiger partial charge in [-0.2, -0.15) is 0 Å². The average molecular weight is 524 g/mol. The summed E-state index contributed by atoms with van der Waals surface area (Å²) in [5.41, 5.74) is 1.51. The van der Waals surface area contributed by atoms with Crippen molar-refractivity contribution in [1.29, 1.82) is 0 Å². The van der Waals surface area contributed by atoms with E-state index >= 15 is 0 Å². The van der Waals surface area contributed by atoms with Crippen molar-refractivity contribution in [2.75, 3.05) is 18.5 Å². The predicted octanol–water partition coefficient (Wildman–Crippen LogP) is 2.83. The van der Waals surface area contributed by atoms with Crippen LogP contribution >= 0.6 is 24.0 Å². The highest BCUT2D eigenvalue weighted by molar-refractivity contribution is 8.26. The Hall–Kier alpha value is -3.83. The molecule has 9 nitrogen and oxygen atoms in total.